The van der Waals surface area contributed by atoms with Crippen LogP contribution in [0.4, 0.5) is 14.5 Å². The summed E-state index contributed by atoms with van der Waals surface area (Å²) in [6.07, 6.45) is 1.42. The molecule has 200 valence electrons. The van der Waals surface area contributed by atoms with E-state index in [2.05, 4.69) is 16.0 Å². The Morgan fingerprint density at radius 2 is 2.08 bits per heavy atom. The van der Waals surface area contributed by atoms with Crippen LogP contribution in [0.3, 0.4) is 0 Å². The molecule has 8 nitrogen and oxygen atoms in total. The minimum atomic E-state index is -3.10. The third-order valence-electron chi connectivity index (χ3n) is 7.86. The molecular weight excluding hydrogens is 504 g/mol. The molecule has 3 aliphatic heterocycles. The quantitative estimate of drug-likeness (QED) is 0.495. The Morgan fingerprint density at radius 1 is 1.32 bits per heavy atom. The first-order valence-electron chi connectivity index (χ1n) is 12.7. The molecule has 1 saturated carbocycles. The second kappa shape index (κ2) is 10.8. The van der Waals surface area contributed by atoms with Gasteiger partial charge in [-0.15, -0.1) is 0 Å². The van der Waals surface area contributed by atoms with Gasteiger partial charge < -0.3 is 20.9 Å². The number of anilines is 1. The number of nitrogens with one attached hydrogen (secondary N) is 3. The van der Waals surface area contributed by atoms with Crippen LogP contribution in [0.5, 0.6) is 0 Å². The monoisotopic (exact) mass is 535 g/mol. The molecule has 4 aliphatic rings. The fraction of sp³-hybridized carbons (Fsp3) is 0.615. The lowest BCUT2D eigenvalue weighted by Crippen LogP contribution is -2.70. The number of nitriles is 1. The van der Waals surface area contributed by atoms with Crippen LogP contribution in [0.2, 0.25) is 5.02 Å². The van der Waals surface area contributed by atoms with Crippen LogP contribution in [0.25, 0.3) is 0 Å². The van der Waals surface area contributed by atoms with Gasteiger partial charge in [0.2, 0.25) is 17.7 Å². The normalized spacial score (nSPS) is 28.0. The molecule has 2 bridgehead atoms. The highest BCUT2D eigenvalue weighted by atomic mass is 35.5. The average Bonchev–Trinajstić information content (AvgIpc) is 2.86. The third kappa shape index (κ3) is 5.52. The molecule has 6 atom stereocenters. The lowest BCUT2D eigenvalue weighted by Gasteiger charge is -2.54. The summed E-state index contributed by atoms with van der Waals surface area (Å²) < 4.78 is 29.9. The van der Waals surface area contributed by atoms with Crippen molar-refractivity contribution in [3.63, 3.8) is 0 Å². The van der Waals surface area contributed by atoms with Crippen molar-refractivity contribution >= 4 is 35.0 Å². The van der Waals surface area contributed by atoms with Gasteiger partial charge in [-0.3, -0.25) is 14.4 Å². The van der Waals surface area contributed by atoms with Crippen molar-refractivity contribution in [2.24, 2.45) is 11.8 Å². The molecule has 3 heterocycles. The molecule has 3 amide bonds. The van der Waals surface area contributed by atoms with Gasteiger partial charge >= 0.3 is 0 Å². The number of nitrogens with zero attached hydrogens (tertiary/aromatic N) is 2. The Hall–Kier alpha value is -2.93. The van der Waals surface area contributed by atoms with E-state index in [-0.39, 0.29) is 18.7 Å². The van der Waals surface area contributed by atoms with Crippen LogP contribution in [-0.2, 0) is 14.4 Å². The fourth-order valence-corrected chi connectivity index (χ4v) is 6.03. The highest BCUT2D eigenvalue weighted by molar-refractivity contribution is 6.31. The number of benzene rings is 1. The van der Waals surface area contributed by atoms with Crippen molar-refractivity contribution < 1.29 is 23.2 Å². The second-order valence-corrected chi connectivity index (χ2v) is 10.7. The first-order valence-corrected chi connectivity index (χ1v) is 13.1. The Labute approximate surface area is 220 Å². The third-order valence-corrected chi connectivity index (χ3v) is 8.27. The van der Waals surface area contributed by atoms with Crippen molar-refractivity contribution in [3.8, 4) is 6.07 Å². The van der Waals surface area contributed by atoms with E-state index in [4.69, 9.17) is 11.6 Å². The first kappa shape index (κ1) is 27.1. The van der Waals surface area contributed by atoms with Gasteiger partial charge in [0.25, 0.3) is 5.92 Å². The number of amides is 3. The predicted octanol–water partition coefficient (Wildman–Crippen LogP) is 3.39. The van der Waals surface area contributed by atoms with Gasteiger partial charge in [0.1, 0.15) is 18.1 Å². The van der Waals surface area contributed by atoms with Gasteiger partial charge in [-0.05, 0) is 63.6 Å². The highest BCUT2D eigenvalue weighted by Crippen LogP contribution is 2.49. The van der Waals surface area contributed by atoms with Crippen LogP contribution < -0.4 is 16.0 Å². The number of hydrogen-bond donors (Lipinski definition) is 3. The second-order valence-electron chi connectivity index (χ2n) is 10.3. The Kier molecular flexibility index (Phi) is 7.93. The molecule has 1 aromatic rings. The molecule has 3 N–H and O–H groups in total. The topological polar surface area (TPSA) is 114 Å². The number of halogens is 3. The Balaban J connectivity index is 1.54. The molecule has 5 rings (SSSR count). The minimum absolute atomic E-state index is 0.0885. The van der Waals surface area contributed by atoms with Crippen LogP contribution in [0.1, 0.15) is 51.0 Å². The molecule has 3 saturated heterocycles. The number of rotatable bonds is 7. The molecule has 11 heteroatoms. The molecular formula is C26H32ClF2N5O3. The summed E-state index contributed by atoms with van der Waals surface area (Å²) in [5.74, 6) is -6.32. The molecule has 37 heavy (non-hydrogen) atoms. The lowest BCUT2D eigenvalue weighted by molar-refractivity contribution is -0.194. The van der Waals surface area contributed by atoms with Gasteiger partial charge in [0, 0.05) is 35.6 Å². The summed E-state index contributed by atoms with van der Waals surface area (Å²) in [5, 5.41) is 18.6. The zero-order chi connectivity index (χ0) is 26.9. The summed E-state index contributed by atoms with van der Waals surface area (Å²) in [6.45, 7) is 3.99. The number of carbonyl (C=O) groups excluding carboxylic acids is 3. The minimum Gasteiger partial charge on any atom is -0.374 e. The molecule has 0 spiro atoms. The number of alkyl halides is 2. The van der Waals surface area contributed by atoms with Crippen molar-refractivity contribution in [2.45, 2.75) is 82.5 Å². The van der Waals surface area contributed by atoms with E-state index in [0.29, 0.717) is 30.1 Å². The molecule has 0 unspecified atom stereocenters. The van der Waals surface area contributed by atoms with Crippen LogP contribution >= 0.6 is 11.6 Å². The molecule has 4 fully saturated rings. The predicted molar refractivity (Wildman–Crippen MR) is 134 cm³/mol. The van der Waals surface area contributed by atoms with Gasteiger partial charge in [-0.1, -0.05) is 17.7 Å². The van der Waals surface area contributed by atoms with Gasteiger partial charge in [-0.2, -0.15) is 5.26 Å². The van der Waals surface area contributed by atoms with Crippen molar-refractivity contribution in [2.75, 3.05) is 11.9 Å². The molecule has 1 aromatic carbocycles. The van der Waals surface area contributed by atoms with E-state index in [0.717, 1.165) is 12.0 Å². The maximum absolute atomic E-state index is 15.0. The summed E-state index contributed by atoms with van der Waals surface area (Å²) in [7, 11) is 0. The first-order chi connectivity index (χ1) is 17.5. The standard InChI is InChI=1S/C26H32ClF2N5O3/c1-14-20(27)6-3-7-21(14)32-15(2)25(37)34-18-8-9-19(26(28,29)12-18)22(34)24(36)33-17(13-30)11-16-5-4-10-31-23(16)35/h3,6-7,15-19,22,32H,4-5,8-12H2,1-2H3,(H,31,35)(H,33,36)/t15-,16+,17+,18-,19-,22+/m1/s1. The number of piperidine rings is 3. The van der Waals surface area contributed by atoms with E-state index in [1.54, 1.807) is 32.0 Å². The van der Waals surface area contributed by atoms with E-state index >= 15 is 0 Å². The van der Waals surface area contributed by atoms with Crippen LogP contribution in [0.15, 0.2) is 18.2 Å². The summed E-state index contributed by atoms with van der Waals surface area (Å²) in [6, 6.07) is 3.18. The Morgan fingerprint density at radius 3 is 2.76 bits per heavy atom. The van der Waals surface area contributed by atoms with E-state index < -0.39 is 60.2 Å². The molecule has 1 aliphatic carbocycles. The molecule has 0 radical (unpaired) electrons. The van der Waals surface area contributed by atoms with E-state index in [1.807, 2.05) is 6.07 Å². The smallest absolute Gasteiger partial charge is 0.255 e. The van der Waals surface area contributed by atoms with Crippen molar-refractivity contribution in [1.82, 2.24) is 15.5 Å². The van der Waals surface area contributed by atoms with Gasteiger partial charge in [0.15, 0.2) is 0 Å². The lowest BCUT2D eigenvalue weighted by atomic mass is 9.71. The van der Waals surface area contributed by atoms with E-state index in [1.165, 1.54) is 4.90 Å². The SMILES string of the molecule is Cc1c(Cl)cccc1N[C@H](C)C(=O)N1[C@@H]2CC[C@H]([C@H]1C(=O)N[C@H](C#N)C[C@@H]1CCCNC1=O)C(F)(F)C2. The summed E-state index contributed by atoms with van der Waals surface area (Å²) in [5.41, 5.74) is 1.38. The number of carbonyl (C=O) groups is 3. The number of hydrogen-bond acceptors (Lipinski definition) is 5. The van der Waals surface area contributed by atoms with Crippen LogP contribution in [-0.4, -0.2) is 59.3 Å². The largest absolute Gasteiger partial charge is 0.374 e. The van der Waals surface area contributed by atoms with E-state index in [9.17, 15) is 28.4 Å². The average molecular weight is 536 g/mol. The van der Waals surface area contributed by atoms with Crippen LogP contribution in [0, 0.1) is 30.1 Å². The number of fused-ring (bicyclic) bond motifs is 3. The fourth-order valence-electron chi connectivity index (χ4n) is 5.85. The maximum Gasteiger partial charge on any atom is 0.255 e. The van der Waals surface area contributed by atoms with Gasteiger partial charge in [-0.25, -0.2) is 8.78 Å². The summed E-state index contributed by atoms with van der Waals surface area (Å²) in [4.78, 5) is 40.5. The Bertz CT molecular complexity index is 1110. The zero-order valence-corrected chi connectivity index (χ0v) is 21.7. The van der Waals surface area contributed by atoms with Gasteiger partial charge in [0.05, 0.1) is 12.0 Å². The summed E-state index contributed by atoms with van der Waals surface area (Å²) >= 11 is 6.19. The van der Waals surface area contributed by atoms with Crippen molar-refractivity contribution in [1.29, 1.82) is 5.26 Å². The molecule has 0 aromatic heterocycles. The maximum atomic E-state index is 15.0. The van der Waals surface area contributed by atoms with Crippen molar-refractivity contribution in [3.05, 3.63) is 28.8 Å². The highest BCUT2D eigenvalue weighted by Gasteiger charge is 2.60. The zero-order valence-electron chi connectivity index (χ0n) is 20.9.